The van der Waals surface area contributed by atoms with Crippen molar-refractivity contribution in [3.05, 3.63) is 23.8 Å². The van der Waals surface area contributed by atoms with E-state index in [1.165, 1.54) is 10.5 Å². The fourth-order valence-corrected chi connectivity index (χ4v) is 2.20. The quantitative estimate of drug-likeness (QED) is 0.796. The highest BCUT2D eigenvalue weighted by atomic mass is 32.2. The highest BCUT2D eigenvalue weighted by molar-refractivity contribution is 7.98. The molecule has 0 bridgehead atoms. The second kappa shape index (κ2) is 4.06. The van der Waals surface area contributed by atoms with Crippen LogP contribution in [0, 0.1) is 0 Å². The van der Waals surface area contributed by atoms with Crippen molar-refractivity contribution >= 4 is 11.8 Å². The van der Waals surface area contributed by atoms with Crippen LogP contribution in [0.3, 0.4) is 0 Å². The van der Waals surface area contributed by atoms with Gasteiger partial charge in [0.1, 0.15) is 5.75 Å². The molecule has 0 atom stereocenters. The summed E-state index contributed by atoms with van der Waals surface area (Å²) in [5, 5.41) is 0. The fraction of sp³-hybridized carbons (Fsp3) is 0.500. The van der Waals surface area contributed by atoms with Gasteiger partial charge in [-0.05, 0) is 49.3 Å². The van der Waals surface area contributed by atoms with Gasteiger partial charge in [-0.1, -0.05) is 0 Å². The first kappa shape index (κ1) is 10.8. The largest absolute Gasteiger partial charge is 0.496 e. The first-order valence-electron chi connectivity index (χ1n) is 5.17. The van der Waals surface area contributed by atoms with Crippen LogP contribution in [0.2, 0.25) is 0 Å². The number of thioether (sulfide) groups is 1. The summed E-state index contributed by atoms with van der Waals surface area (Å²) < 4.78 is 5.35. The number of rotatable bonds is 4. The number of hydrogen-bond acceptors (Lipinski definition) is 3. The van der Waals surface area contributed by atoms with Gasteiger partial charge in [-0.2, -0.15) is 0 Å². The lowest BCUT2D eigenvalue weighted by Gasteiger charge is -2.13. The summed E-state index contributed by atoms with van der Waals surface area (Å²) >= 11 is 1.75. The molecule has 3 heteroatoms. The molecule has 0 heterocycles. The molecule has 82 valence electrons. The van der Waals surface area contributed by atoms with Crippen LogP contribution in [-0.2, 0) is 6.42 Å². The van der Waals surface area contributed by atoms with Crippen molar-refractivity contribution in [1.82, 2.24) is 0 Å². The van der Waals surface area contributed by atoms with E-state index in [9.17, 15) is 0 Å². The molecule has 1 aliphatic carbocycles. The van der Waals surface area contributed by atoms with Crippen LogP contribution in [0.25, 0.3) is 0 Å². The molecule has 1 aliphatic rings. The predicted octanol–water partition coefficient (Wildman–Crippen LogP) is 2.45. The van der Waals surface area contributed by atoms with Gasteiger partial charge in [0.05, 0.1) is 7.11 Å². The van der Waals surface area contributed by atoms with Crippen LogP contribution in [-0.4, -0.2) is 18.9 Å². The molecule has 0 saturated heterocycles. The molecule has 2 N–H and O–H groups in total. The van der Waals surface area contributed by atoms with E-state index in [-0.39, 0.29) is 5.54 Å². The number of benzene rings is 1. The topological polar surface area (TPSA) is 35.2 Å². The molecule has 1 fully saturated rings. The molecule has 1 aromatic carbocycles. The Morgan fingerprint density at radius 1 is 1.47 bits per heavy atom. The summed E-state index contributed by atoms with van der Waals surface area (Å²) in [5.74, 6) is 0.963. The Labute approximate surface area is 95.2 Å². The number of nitrogens with two attached hydrogens (primary N) is 1. The van der Waals surface area contributed by atoms with Crippen molar-refractivity contribution in [2.75, 3.05) is 13.4 Å². The normalized spacial score (nSPS) is 17.5. The van der Waals surface area contributed by atoms with Gasteiger partial charge in [0.2, 0.25) is 0 Å². The first-order chi connectivity index (χ1) is 7.17. The smallest absolute Gasteiger partial charge is 0.122 e. The van der Waals surface area contributed by atoms with Gasteiger partial charge in [0.25, 0.3) is 0 Å². The minimum absolute atomic E-state index is 0.0459. The summed E-state index contributed by atoms with van der Waals surface area (Å²) in [7, 11) is 1.72. The summed E-state index contributed by atoms with van der Waals surface area (Å²) in [4.78, 5) is 1.27. The predicted molar refractivity (Wildman–Crippen MR) is 64.6 cm³/mol. The molecular formula is C12H17NOS. The van der Waals surface area contributed by atoms with Crippen molar-refractivity contribution < 1.29 is 4.74 Å². The van der Waals surface area contributed by atoms with Crippen LogP contribution in [0.4, 0.5) is 0 Å². The maximum Gasteiger partial charge on any atom is 0.122 e. The van der Waals surface area contributed by atoms with Crippen LogP contribution in [0.15, 0.2) is 23.1 Å². The molecule has 2 rings (SSSR count). The molecule has 0 radical (unpaired) electrons. The van der Waals surface area contributed by atoms with Gasteiger partial charge in [-0.3, -0.25) is 0 Å². The van der Waals surface area contributed by atoms with Gasteiger partial charge in [-0.15, -0.1) is 11.8 Å². The van der Waals surface area contributed by atoms with E-state index < -0.39 is 0 Å². The summed E-state index contributed by atoms with van der Waals surface area (Å²) in [6.45, 7) is 0. The molecule has 0 unspecified atom stereocenters. The first-order valence-corrected chi connectivity index (χ1v) is 6.39. The Morgan fingerprint density at radius 2 is 2.20 bits per heavy atom. The van der Waals surface area contributed by atoms with Crippen molar-refractivity contribution in [2.45, 2.75) is 29.7 Å². The number of hydrogen-bond donors (Lipinski definition) is 1. The Bertz CT molecular complexity index is 361. The van der Waals surface area contributed by atoms with Crippen molar-refractivity contribution in [3.63, 3.8) is 0 Å². The molecule has 0 aromatic heterocycles. The molecule has 1 aromatic rings. The van der Waals surface area contributed by atoms with Gasteiger partial charge in [0.15, 0.2) is 0 Å². The maximum atomic E-state index is 6.13. The fourth-order valence-electron chi connectivity index (χ4n) is 1.74. The second-order valence-corrected chi connectivity index (χ2v) is 5.10. The average molecular weight is 223 g/mol. The van der Waals surface area contributed by atoms with Crippen LogP contribution in [0.1, 0.15) is 18.4 Å². The lowest BCUT2D eigenvalue weighted by Crippen LogP contribution is -2.24. The molecule has 0 spiro atoms. The third-order valence-corrected chi connectivity index (χ3v) is 3.65. The molecule has 15 heavy (non-hydrogen) atoms. The Kier molecular flexibility index (Phi) is 2.94. The van der Waals surface area contributed by atoms with Crippen molar-refractivity contribution in [3.8, 4) is 5.75 Å². The molecular weight excluding hydrogens is 206 g/mol. The maximum absolute atomic E-state index is 6.13. The van der Waals surface area contributed by atoms with Crippen molar-refractivity contribution in [1.29, 1.82) is 0 Å². The molecule has 0 amide bonds. The van der Waals surface area contributed by atoms with E-state index in [1.807, 2.05) is 6.07 Å². The highest BCUT2D eigenvalue weighted by Crippen LogP contribution is 2.38. The molecule has 2 nitrogen and oxygen atoms in total. The third-order valence-electron chi connectivity index (χ3n) is 2.92. The zero-order valence-electron chi connectivity index (χ0n) is 9.25. The third kappa shape index (κ3) is 2.47. The monoisotopic (exact) mass is 223 g/mol. The minimum atomic E-state index is 0.0459. The van der Waals surface area contributed by atoms with E-state index in [1.54, 1.807) is 18.9 Å². The second-order valence-electron chi connectivity index (χ2n) is 4.22. The van der Waals surface area contributed by atoms with E-state index >= 15 is 0 Å². The zero-order chi connectivity index (χ0) is 10.9. The highest BCUT2D eigenvalue weighted by Gasteiger charge is 2.38. The minimum Gasteiger partial charge on any atom is -0.496 e. The number of methoxy groups -OCH3 is 1. The standard InChI is InChI=1S/C12H17NOS/c1-14-11-4-3-10(15-2)7-9(11)8-12(13)5-6-12/h3-4,7H,5-6,8,13H2,1-2H3. The number of ether oxygens (including phenoxy) is 1. The summed E-state index contributed by atoms with van der Waals surface area (Å²) in [5.41, 5.74) is 7.42. The van der Waals surface area contributed by atoms with E-state index in [4.69, 9.17) is 10.5 Å². The van der Waals surface area contributed by atoms with Crippen LogP contribution in [0.5, 0.6) is 5.75 Å². The van der Waals surface area contributed by atoms with Gasteiger partial charge in [-0.25, -0.2) is 0 Å². The van der Waals surface area contributed by atoms with Gasteiger partial charge in [0, 0.05) is 10.4 Å². The average Bonchev–Trinajstić information content (AvgIpc) is 2.96. The van der Waals surface area contributed by atoms with Crippen molar-refractivity contribution in [2.24, 2.45) is 5.73 Å². The molecule has 0 aliphatic heterocycles. The SMILES string of the molecule is COc1ccc(SC)cc1CC1(N)CC1. The van der Waals surface area contributed by atoms with E-state index in [2.05, 4.69) is 18.4 Å². The van der Waals surface area contributed by atoms with Gasteiger partial charge < -0.3 is 10.5 Å². The van der Waals surface area contributed by atoms with Gasteiger partial charge >= 0.3 is 0 Å². The zero-order valence-corrected chi connectivity index (χ0v) is 10.1. The van der Waals surface area contributed by atoms with E-state index in [0.717, 1.165) is 25.0 Å². The lowest BCUT2D eigenvalue weighted by molar-refractivity contribution is 0.407. The summed E-state index contributed by atoms with van der Waals surface area (Å²) in [6, 6.07) is 6.31. The Morgan fingerprint density at radius 3 is 2.73 bits per heavy atom. The summed E-state index contributed by atoms with van der Waals surface area (Å²) in [6.07, 6.45) is 5.30. The lowest BCUT2D eigenvalue weighted by atomic mass is 10.0. The Balaban J connectivity index is 2.25. The van der Waals surface area contributed by atoms with E-state index in [0.29, 0.717) is 0 Å². The molecule has 1 saturated carbocycles. The Hall–Kier alpha value is -0.670. The van der Waals surface area contributed by atoms with Crippen LogP contribution < -0.4 is 10.5 Å². The van der Waals surface area contributed by atoms with Crippen LogP contribution >= 0.6 is 11.8 Å².